The molecule has 0 saturated heterocycles. The van der Waals surface area contributed by atoms with Gasteiger partial charge in [0.05, 0.1) is 0 Å². The molecule has 1 aliphatic heterocycles. The maximum absolute atomic E-state index is 6.42. The van der Waals surface area contributed by atoms with Crippen molar-refractivity contribution in [2.45, 2.75) is 82.7 Å². The van der Waals surface area contributed by atoms with Crippen LogP contribution in [0.1, 0.15) is 87.7 Å². The van der Waals surface area contributed by atoms with Crippen LogP contribution in [0.4, 0.5) is 17.1 Å². The van der Waals surface area contributed by atoms with Crippen molar-refractivity contribution in [2.75, 3.05) is 4.90 Å². The van der Waals surface area contributed by atoms with Gasteiger partial charge in [-0.15, -0.1) is 11.3 Å². The van der Waals surface area contributed by atoms with Crippen LogP contribution in [0.2, 0.25) is 17.3 Å². The zero-order chi connectivity index (χ0) is 41.4. The van der Waals surface area contributed by atoms with Crippen LogP contribution in [0.3, 0.4) is 0 Å². The largest absolute Gasteiger partial charge is 0.661 e. The topological polar surface area (TPSA) is 30.5 Å². The molecule has 0 amide bonds. The van der Waals surface area contributed by atoms with Crippen LogP contribution in [0.5, 0.6) is 0 Å². The quantitative estimate of drug-likeness (QED) is 0.112. The first-order chi connectivity index (χ1) is 28.4. The van der Waals surface area contributed by atoms with Crippen LogP contribution in [0.25, 0.3) is 49.5 Å². The van der Waals surface area contributed by atoms with E-state index in [1.165, 1.54) is 37.9 Å². The number of benzene rings is 7. The summed E-state index contributed by atoms with van der Waals surface area (Å²) in [7, 11) is 0. The number of hydrogen-bond acceptors (Lipinski definition) is 2. The normalized spacial score (nSPS) is 13.7. The van der Waals surface area contributed by atoms with E-state index >= 15 is 0 Å². The van der Waals surface area contributed by atoms with Gasteiger partial charge < -0.3 is 14.6 Å². The number of nitrogens with zero attached hydrogens (tertiary/aromatic N) is 2. The number of fused-ring (bicyclic) bond motifs is 4. The van der Waals surface area contributed by atoms with Crippen molar-refractivity contribution in [3.8, 4) is 22.3 Å². The summed E-state index contributed by atoms with van der Waals surface area (Å²) in [5.74, 6) is 8.67. The van der Waals surface area contributed by atoms with E-state index in [2.05, 4.69) is 191 Å². The van der Waals surface area contributed by atoms with E-state index in [0.717, 1.165) is 50.0 Å². The molecule has 8 aromatic rings. The average molecular weight is 1020 g/mol. The number of furan rings is 1. The molecule has 1 radical (unpaired) electrons. The maximum atomic E-state index is 6.42. The number of hydrogen-bond donors (Lipinski definition) is 0. The van der Waals surface area contributed by atoms with E-state index < -0.39 is 13.3 Å². The first-order valence-electron chi connectivity index (χ1n) is 21.1. The minimum absolute atomic E-state index is 0. The van der Waals surface area contributed by atoms with Crippen molar-refractivity contribution in [1.29, 1.82) is 0 Å². The molecule has 3 nitrogen and oxygen atoms in total. The van der Waals surface area contributed by atoms with E-state index in [1.54, 1.807) is 0 Å². The van der Waals surface area contributed by atoms with Crippen LogP contribution in [0, 0.1) is 18.2 Å². The standard InChI is InChI=1S/C31H28N2O.C24H26Ge.Ir/c1-19(2)21-12-9-13-22(20(3)4)29(21)33-27-17-7-6-16-26(27)32-31(33)25-15-10-14-24-23-11-5-8-18-28(23)34-30(24)25;1-18(2)19-11-13-21(14-12-19)23-17-22(20-9-7-6-8-10-20)15-16-24(23)25(3,4)5;/h5-14,16-20,31H,1-4H3;6-9,11-14,16-18H,1-5H3;/q2*-2;. The van der Waals surface area contributed by atoms with Crippen LogP contribution in [-0.2, 0) is 20.1 Å². The van der Waals surface area contributed by atoms with Gasteiger partial charge in [0.2, 0.25) is 0 Å². The Labute approximate surface area is 374 Å². The van der Waals surface area contributed by atoms with E-state index in [9.17, 15) is 0 Å². The van der Waals surface area contributed by atoms with Crippen molar-refractivity contribution < 1.29 is 24.5 Å². The average Bonchev–Trinajstić information content (AvgIpc) is 3.82. The first kappa shape index (κ1) is 43.2. The monoisotopic (exact) mass is 1030 g/mol. The van der Waals surface area contributed by atoms with Crippen LogP contribution < -0.4 is 9.30 Å². The Morgan fingerprint density at radius 1 is 0.633 bits per heavy atom. The second kappa shape index (κ2) is 18.0. The predicted octanol–water partition coefficient (Wildman–Crippen LogP) is 15.8. The predicted molar refractivity (Wildman–Crippen MR) is 254 cm³/mol. The molecule has 307 valence electrons. The van der Waals surface area contributed by atoms with Crippen LogP contribution in [-0.4, -0.2) is 13.3 Å². The molecule has 0 N–H and O–H groups in total. The molecule has 1 atom stereocenters. The van der Waals surface area contributed by atoms with Gasteiger partial charge in [-0.25, -0.2) is 0 Å². The van der Waals surface area contributed by atoms with Crippen LogP contribution in [0.15, 0.2) is 144 Å². The minimum Gasteiger partial charge on any atom is -0.661 e. The van der Waals surface area contributed by atoms with Crippen molar-refractivity contribution in [3.05, 3.63) is 185 Å². The fraction of sp³-hybridized carbons (Fsp3) is 0.236. The molecule has 0 bridgehead atoms. The zero-order valence-corrected chi connectivity index (χ0v) is 40.7. The summed E-state index contributed by atoms with van der Waals surface area (Å²) in [5, 5.41) is 7.47. The number of rotatable bonds is 8. The Morgan fingerprint density at radius 2 is 1.32 bits per heavy atom. The molecule has 0 fully saturated rings. The Bertz CT molecular complexity index is 2700. The van der Waals surface area contributed by atoms with E-state index in [-0.39, 0.29) is 26.3 Å². The van der Waals surface area contributed by atoms with E-state index in [1.807, 2.05) is 30.3 Å². The summed E-state index contributed by atoms with van der Waals surface area (Å²) >= 11 is -2.00. The molecule has 5 heteroatoms. The van der Waals surface area contributed by atoms with Crippen molar-refractivity contribution in [2.24, 2.45) is 0 Å². The van der Waals surface area contributed by atoms with Gasteiger partial charge in [0.15, 0.2) is 0 Å². The van der Waals surface area contributed by atoms with Gasteiger partial charge in [0, 0.05) is 42.4 Å². The molecular weight excluding hydrogens is 969 g/mol. The molecule has 60 heavy (non-hydrogen) atoms. The molecule has 1 aromatic heterocycles. The van der Waals surface area contributed by atoms with Crippen LogP contribution >= 0.6 is 0 Å². The third-order valence-electron chi connectivity index (χ3n) is 11.5. The molecule has 7 aromatic carbocycles. The Morgan fingerprint density at radius 3 is 1.98 bits per heavy atom. The number of para-hydroxylation sites is 4. The summed E-state index contributed by atoms with van der Waals surface area (Å²) in [6.07, 6.45) is -0.251. The molecule has 1 aliphatic rings. The second-order valence-electron chi connectivity index (χ2n) is 17.7. The van der Waals surface area contributed by atoms with Gasteiger partial charge in [-0.05, 0) is 41.3 Å². The van der Waals surface area contributed by atoms with Crippen molar-refractivity contribution in [1.82, 2.24) is 0 Å². The Balaban J connectivity index is 0.000000187. The van der Waals surface area contributed by atoms with Crippen molar-refractivity contribution in [3.63, 3.8) is 0 Å². The van der Waals surface area contributed by atoms with Gasteiger partial charge in [-0.3, -0.25) is 0 Å². The van der Waals surface area contributed by atoms with Gasteiger partial charge >= 0.3 is 155 Å². The van der Waals surface area contributed by atoms with E-state index in [0.29, 0.717) is 17.8 Å². The van der Waals surface area contributed by atoms with Crippen molar-refractivity contribution >= 4 is 56.7 Å². The summed E-state index contributed by atoms with van der Waals surface area (Å²) in [6.45, 7) is 13.6. The third-order valence-corrected chi connectivity index (χ3v) is 15.8. The molecule has 0 saturated carbocycles. The fourth-order valence-electron chi connectivity index (χ4n) is 8.34. The van der Waals surface area contributed by atoms with Gasteiger partial charge in [-0.1, -0.05) is 87.7 Å². The fourth-order valence-corrected chi connectivity index (χ4v) is 11.6. The van der Waals surface area contributed by atoms with Gasteiger partial charge in [0.1, 0.15) is 5.58 Å². The number of anilines is 2. The van der Waals surface area contributed by atoms with E-state index in [4.69, 9.17) is 9.73 Å². The van der Waals surface area contributed by atoms with Gasteiger partial charge in [0.25, 0.3) is 0 Å². The second-order valence-corrected chi connectivity index (χ2v) is 28.2. The zero-order valence-electron chi connectivity index (χ0n) is 36.2. The molecule has 2 heterocycles. The summed E-state index contributed by atoms with van der Waals surface area (Å²) in [5.41, 5.74) is 15.1. The maximum Gasteiger partial charge on any atom is 0.116 e. The Hall–Kier alpha value is -4.87. The molecule has 9 rings (SSSR count). The molecule has 0 spiro atoms. The summed E-state index contributed by atoms with van der Waals surface area (Å²) < 4.78 is 7.93. The SMILES string of the molecule is CC(C)c1ccc(-c2cc(-c3[c-]cccc3)[c-]c[c]2[Ge]([CH3])([CH3])[CH3])cc1.CC(C)c1cccc(C(C)C)c1N1c2ccccc2[N-]C1c1[c-]ccc2c1oc1ccccc12.[Ir]. The smallest absolute Gasteiger partial charge is 0.116 e. The minimum atomic E-state index is -2.00. The molecule has 0 aliphatic carbocycles. The first-order valence-corrected chi connectivity index (χ1v) is 28.4. The summed E-state index contributed by atoms with van der Waals surface area (Å²) in [6, 6.07) is 59.6. The Kier molecular flexibility index (Phi) is 13.0. The summed E-state index contributed by atoms with van der Waals surface area (Å²) in [4.78, 5) is 2.42. The van der Waals surface area contributed by atoms with Gasteiger partial charge in [-0.2, -0.15) is 18.2 Å². The molecule has 1 unspecified atom stereocenters. The third kappa shape index (κ3) is 8.53. The molecular formula is C55H54GeIrN2O-4.